The topological polar surface area (TPSA) is 116 Å². The fraction of sp³-hybridized carbons (Fsp3) is 0.400. The lowest BCUT2D eigenvalue weighted by molar-refractivity contribution is -0.385. The SMILES string of the molecule is COC(=O)C1CC(=O)N(c2ncc([N+](=O)[O-])cn2)C1. The van der Waals surface area contributed by atoms with E-state index in [9.17, 15) is 19.7 Å². The van der Waals surface area contributed by atoms with Crippen molar-refractivity contribution in [1.82, 2.24) is 9.97 Å². The summed E-state index contributed by atoms with van der Waals surface area (Å²) < 4.78 is 4.57. The molecule has 1 saturated heterocycles. The van der Waals surface area contributed by atoms with E-state index >= 15 is 0 Å². The molecule has 1 aromatic rings. The highest BCUT2D eigenvalue weighted by Gasteiger charge is 2.37. The lowest BCUT2D eigenvalue weighted by atomic mass is 10.1. The number of methoxy groups -OCH3 is 1. The van der Waals surface area contributed by atoms with Crippen molar-refractivity contribution in [2.45, 2.75) is 6.42 Å². The first kappa shape index (κ1) is 12.9. The molecule has 0 bridgehead atoms. The summed E-state index contributed by atoms with van der Waals surface area (Å²) >= 11 is 0. The van der Waals surface area contributed by atoms with Gasteiger partial charge in [0.05, 0.1) is 18.0 Å². The van der Waals surface area contributed by atoms with E-state index in [1.54, 1.807) is 0 Å². The smallest absolute Gasteiger partial charge is 0.311 e. The first-order valence-corrected chi connectivity index (χ1v) is 5.37. The van der Waals surface area contributed by atoms with E-state index < -0.39 is 16.8 Å². The van der Waals surface area contributed by atoms with Gasteiger partial charge < -0.3 is 4.74 Å². The maximum absolute atomic E-state index is 11.7. The van der Waals surface area contributed by atoms with Gasteiger partial charge in [-0.2, -0.15) is 0 Å². The number of nitro groups is 1. The van der Waals surface area contributed by atoms with Gasteiger partial charge in [0, 0.05) is 13.0 Å². The van der Waals surface area contributed by atoms with E-state index in [4.69, 9.17) is 0 Å². The summed E-state index contributed by atoms with van der Waals surface area (Å²) in [4.78, 5) is 41.6. The lowest BCUT2D eigenvalue weighted by Gasteiger charge is -2.13. The number of rotatable bonds is 3. The summed E-state index contributed by atoms with van der Waals surface area (Å²) in [6.45, 7) is 0.114. The van der Waals surface area contributed by atoms with E-state index in [2.05, 4.69) is 14.7 Å². The van der Waals surface area contributed by atoms with Gasteiger partial charge in [0.1, 0.15) is 12.4 Å². The highest BCUT2D eigenvalue weighted by molar-refractivity contribution is 5.98. The summed E-state index contributed by atoms with van der Waals surface area (Å²) in [6, 6.07) is 0. The molecular weight excluding hydrogens is 256 g/mol. The van der Waals surface area contributed by atoms with E-state index in [0.29, 0.717) is 0 Å². The number of carbonyl (C=O) groups excluding carboxylic acids is 2. The zero-order valence-electron chi connectivity index (χ0n) is 9.98. The number of hydrogen-bond acceptors (Lipinski definition) is 7. The summed E-state index contributed by atoms with van der Waals surface area (Å²) in [5.74, 6) is -1.31. The predicted octanol–water partition coefficient (Wildman–Crippen LogP) is -0.0893. The van der Waals surface area contributed by atoms with Crippen LogP contribution in [0.15, 0.2) is 12.4 Å². The number of hydrogen-bond donors (Lipinski definition) is 0. The summed E-state index contributed by atoms with van der Waals surface area (Å²) in [5.41, 5.74) is -0.264. The van der Waals surface area contributed by atoms with Gasteiger partial charge in [0.15, 0.2) is 0 Å². The Morgan fingerprint density at radius 1 is 1.53 bits per heavy atom. The molecule has 100 valence electrons. The van der Waals surface area contributed by atoms with Gasteiger partial charge in [-0.3, -0.25) is 24.6 Å². The molecule has 1 atom stereocenters. The minimum absolute atomic E-state index is 0.0209. The van der Waals surface area contributed by atoms with E-state index in [1.807, 2.05) is 0 Å². The van der Waals surface area contributed by atoms with Crippen LogP contribution in [0.5, 0.6) is 0 Å². The van der Waals surface area contributed by atoms with Crippen LogP contribution in [0.2, 0.25) is 0 Å². The Balaban J connectivity index is 2.16. The van der Waals surface area contributed by atoms with Crippen LogP contribution in [-0.4, -0.2) is 40.4 Å². The molecule has 1 fully saturated rings. The number of nitrogens with zero attached hydrogens (tertiary/aromatic N) is 4. The molecule has 1 amide bonds. The molecule has 0 spiro atoms. The number of ether oxygens (including phenoxy) is 1. The van der Waals surface area contributed by atoms with Crippen LogP contribution in [0, 0.1) is 16.0 Å². The average Bonchev–Trinajstić information content (AvgIpc) is 2.80. The van der Waals surface area contributed by atoms with Crippen molar-refractivity contribution in [1.29, 1.82) is 0 Å². The summed E-state index contributed by atoms with van der Waals surface area (Å²) in [5, 5.41) is 10.5. The molecule has 2 rings (SSSR count). The molecule has 1 aliphatic heterocycles. The Hall–Kier alpha value is -2.58. The second kappa shape index (κ2) is 4.96. The quantitative estimate of drug-likeness (QED) is 0.426. The molecule has 19 heavy (non-hydrogen) atoms. The van der Waals surface area contributed by atoms with Crippen molar-refractivity contribution in [2.24, 2.45) is 5.92 Å². The van der Waals surface area contributed by atoms with Crippen molar-refractivity contribution in [3.05, 3.63) is 22.5 Å². The van der Waals surface area contributed by atoms with Gasteiger partial charge in [-0.05, 0) is 0 Å². The maximum atomic E-state index is 11.7. The van der Waals surface area contributed by atoms with Gasteiger partial charge in [0.2, 0.25) is 11.9 Å². The average molecular weight is 266 g/mol. The van der Waals surface area contributed by atoms with Crippen molar-refractivity contribution >= 4 is 23.5 Å². The standard InChI is InChI=1S/C10H10N4O5/c1-19-9(16)6-2-8(15)13(5-6)10-11-3-7(4-12-10)14(17)18/h3-4,6H,2,5H2,1H3. The van der Waals surface area contributed by atoms with Gasteiger partial charge in [-0.15, -0.1) is 0 Å². The third-order valence-corrected chi connectivity index (χ3v) is 2.74. The highest BCUT2D eigenvalue weighted by atomic mass is 16.6. The number of amides is 1. The number of esters is 1. The molecule has 1 aliphatic rings. The molecular formula is C10H10N4O5. The molecule has 0 aliphatic carbocycles. The van der Waals surface area contributed by atoms with Crippen molar-refractivity contribution in [2.75, 3.05) is 18.6 Å². The Bertz CT molecular complexity index is 529. The molecule has 1 aromatic heterocycles. The van der Waals surface area contributed by atoms with Crippen molar-refractivity contribution in [3.63, 3.8) is 0 Å². The molecule has 0 radical (unpaired) electrons. The Morgan fingerprint density at radius 2 is 2.16 bits per heavy atom. The third kappa shape index (κ3) is 2.49. The Kier molecular flexibility index (Phi) is 3.36. The minimum atomic E-state index is -0.632. The Labute approximate surface area is 107 Å². The first-order chi connectivity index (χ1) is 9.02. The molecule has 0 saturated carbocycles. The lowest BCUT2D eigenvalue weighted by Crippen LogP contribution is -2.27. The monoisotopic (exact) mass is 266 g/mol. The van der Waals surface area contributed by atoms with E-state index in [1.165, 1.54) is 12.0 Å². The number of carbonyl (C=O) groups is 2. The normalized spacial score (nSPS) is 18.5. The van der Waals surface area contributed by atoms with Crippen LogP contribution >= 0.6 is 0 Å². The van der Waals surface area contributed by atoms with E-state index in [-0.39, 0.29) is 30.5 Å². The molecule has 2 heterocycles. The molecule has 1 unspecified atom stereocenters. The highest BCUT2D eigenvalue weighted by Crippen LogP contribution is 2.23. The second-order valence-electron chi connectivity index (χ2n) is 3.93. The maximum Gasteiger partial charge on any atom is 0.311 e. The fourth-order valence-electron chi connectivity index (χ4n) is 1.77. The molecule has 9 heteroatoms. The van der Waals surface area contributed by atoms with Crippen LogP contribution in [0.1, 0.15) is 6.42 Å². The largest absolute Gasteiger partial charge is 0.469 e. The van der Waals surface area contributed by atoms with Crippen LogP contribution in [0.3, 0.4) is 0 Å². The minimum Gasteiger partial charge on any atom is -0.469 e. The second-order valence-corrected chi connectivity index (χ2v) is 3.93. The fourth-order valence-corrected chi connectivity index (χ4v) is 1.77. The van der Waals surface area contributed by atoms with Crippen LogP contribution < -0.4 is 4.90 Å². The van der Waals surface area contributed by atoms with Gasteiger partial charge >= 0.3 is 11.7 Å². The van der Waals surface area contributed by atoms with Gasteiger partial charge in [-0.25, -0.2) is 9.97 Å². The molecule has 9 nitrogen and oxygen atoms in total. The Morgan fingerprint density at radius 3 is 2.68 bits per heavy atom. The van der Waals surface area contributed by atoms with Crippen LogP contribution in [0.25, 0.3) is 0 Å². The van der Waals surface area contributed by atoms with Crippen LogP contribution in [0.4, 0.5) is 11.6 Å². The first-order valence-electron chi connectivity index (χ1n) is 5.37. The number of aromatic nitrogens is 2. The molecule has 0 N–H and O–H groups in total. The zero-order valence-corrected chi connectivity index (χ0v) is 9.98. The zero-order chi connectivity index (χ0) is 14.0. The van der Waals surface area contributed by atoms with Gasteiger partial charge in [-0.1, -0.05) is 0 Å². The molecule has 0 aromatic carbocycles. The van der Waals surface area contributed by atoms with E-state index in [0.717, 1.165) is 12.4 Å². The summed E-state index contributed by atoms with van der Waals surface area (Å²) in [6.07, 6.45) is 2.05. The van der Waals surface area contributed by atoms with Crippen molar-refractivity contribution in [3.8, 4) is 0 Å². The predicted molar refractivity (Wildman–Crippen MR) is 61.2 cm³/mol. The third-order valence-electron chi connectivity index (χ3n) is 2.74. The summed E-state index contributed by atoms with van der Waals surface area (Å²) in [7, 11) is 1.25. The van der Waals surface area contributed by atoms with Crippen LogP contribution in [-0.2, 0) is 14.3 Å². The van der Waals surface area contributed by atoms with Crippen molar-refractivity contribution < 1.29 is 19.2 Å². The number of anilines is 1. The van der Waals surface area contributed by atoms with Gasteiger partial charge in [0.25, 0.3) is 0 Å².